The highest BCUT2D eigenvalue weighted by Crippen LogP contribution is 2.19. The summed E-state index contributed by atoms with van der Waals surface area (Å²) in [6, 6.07) is 6.03. The highest BCUT2D eigenvalue weighted by atomic mass is 35.5. The Bertz CT molecular complexity index is 649. The van der Waals surface area contributed by atoms with E-state index in [0.717, 1.165) is 0 Å². The number of hydrogen-bond donors (Lipinski definition) is 4. The lowest BCUT2D eigenvalue weighted by atomic mass is 10.2. The maximum Gasteiger partial charge on any atom is 0.339 e. The smallest absolute Gasteiger partial charge is 0.339 e. The molecule has 1 heterocycles. The highest BCUT2D eigenvalue weighted by Gasteiger charge is 2.16. The zero-order valence-electron chi connectivity index (χ0n) is 10.5. The van der Waals surface area contributed by atoms with Gasteiger partial charge in [-0.3, -0.25) is 0 Å². The van der Waals surface area contributed by atoms with Crippen molar-refractivity contribution >= 4 is 35.0 Å². The third kappa shape index (κ3) is 3.10. The number of carboxylic acid groups (broad SMARTS) is 1. The molecule has 0 radical (unpaired) electrons. The van der Waals surface area contributed by atoms with Crippen LogP contribution < -0.4 is 10.6 Å². The SMILES string of the molecule is Cc1[nH]cc(NC(=O)Nc2ccc(Cl)cc2)c1C(=O)O. The fraction of sp³-hybridized carbons (Fsp3) is 0.0769. The lowest BCUT2D eigenvalue weighted by Gasteiger charge is -2.07. The predicted octanol–water partition coefficient (Wildman–Crippen LogP) is 3.32. The van der Waals surface area contributed by atoms with Crippen LogP contribution in [-0.2, 0) is 0 Å². The second-order valence-electron chi connectivity index (χ2n) is 4.09. The molecule has 6 nitrogen and oxygen atoms in total. The Morgan fingerprint density at radius 1 is 1.20 bits per heavy atom. The molecule has 1 aromatic heterocycles. The van der Waals surface area contributed by atoms with E-state index in [1.54, 1.807) is 31.2 Å². The van der Waals surface area contributed by atoms with Gasteiger partial charge < -0.3 is 20.7 Å². The molecule has 0 saturated carbocycles. The highest BCUT2D eigenvalue weighted by molar-refractivity contribution is 6.30. The van der Waals surface area contributed by atoms with Crippen LogP contribution in [0.4, 0.5) is 16.2 Å². The average molecular weight is 294 g/mol. The molecule has 104 valence electrons. The van der Waals surface area contributed by atoms with Crippen LogP contribution >= 0.6 is 11.6 Å². The van der Waals surface area contributed by atoms with Crippen molar-refractivity contribution in [1.82, 2.24) is 4.98 Å². The average Bonchev–Trinajstić information content (AvgIpc) is 2.73. The van der Waals surface area contributed by atoms with E-state index >= 15 is 0 Å². The first-order valence-corrected chi connectivity index (χ1v) is 6.10. The molecule has 2 aromatic rings. The number of aromatic nitrogens is 1. The predicted molar refractivity (Wildman–Crippen MR) is 76.6 cm³/mol. The number of rotatable bonds is 3. The number of aromatic carboxylic acids is 1. The molecule has 0 aliphatic carbocycles. The number of aromatic amines is 1. The van der Waals surface area contributed by atoms with Gasteiger partial charge in [0.2, 0.25) is 0 Å². The van der Waals surface area contributed by atoms with E-state index in [2.05, 4.69) is 15.6 Å². The summed E-state index contributed by atoms with van der Waals surface area (Å²) in [6.07, 6.45) is 1.43. The lowest BCUT2D eigenvalue weighted by Crippen LogP contribution is -2.20. The monoisotopic (exact) mass is 293 g/mol. The number of halogens is 1. The van der Waals surface area contributed by atoms with Gasteiger partial charge in [0.1, 0.15) is 5.56 Å². The molecule has 2 amide bonds. The van der Waals surface area contributed by atoms with E-state index in [9.17, 15) is 9.59 Å². The van der Waals surface area contributed by atoms with Gasteiger partial charge in [0.25, 0.3) is 0 Å². The van der Waals surface area contributed by atoms with Crippen LogP contribution in [-0.4, -0.2) is 22.1 Å². The van der Waals surface area contributed by atoms with E-state index in [4.69, 9.17) is 16.7 Å². The number of benzene rings is 1. The van der Waals surface area contributed by atoms with Crippen LogP contribution in [0.3, 0.4) is 0 Å². The number of nitrogens with one attached hydrogen (secondary N) is 3. The van der Waals surface area contributed by atoms with Crippen molar-refractivity contribution < 1.29 is 14.7 Å². The number of carboxylic acids is 1. The fourth-order valence-corrected chi connectivity index (χ4v) is 1.84. The molecule has 7 heteroatoms. The van der Waals surface area contributed by atoms with Gasteiger partial charge in [-0.25, -0.2) is 9.59 Å². The molecular formula is C13H12ClN3O3. The normalized spacial score (nSPS) is 10.1. The number of carbonyl (C=O) groups is 2. The number of anilines is 2. The van der Waals surface area contributed by atoms with Crippen molar-refractivity contribution in [2.45, 2.75) is 6.92 Å². The molecule has 0 saturated heterocycles. The molecule has 0 fully saturated rings. The van der Waals surface area contributed by atoms with Crippen LogP contribution in [0.15, 0.2) is 30.5 Å². The number of hydrogen-bond acceptors (Lipinski definition) is 2. The van der Waals surface area contributed by atoms with Gasteiger partial charge in [0, 0.05) is 22.6 Å². The Kier molecular flexibility index (Phi) is 3.95. The quantitative estimate of drug-likeness (QED) is 0.699. The van der Waals surface area contributed by atoms with Crippen LogP contribution in [0.25, 0.3) is 0 Å². The van der Waals surface area contributed by atoms with Crippen molar-refractivity contribution in [2.24, 2.45) is 0 Å². The first-order chi connectivity index (χ1) is 9.47. The summed E-state index contributed by atoms with van der Waals surface area (Å²) in [5.41, 5.74) is 1.27. The van der Waals surface area contributed by atoms with E-state index in [1.807, 2.05) is 0 Å². The summed E-state index contributed by atoms with van der Waals surface area (Å²) in [7, 11) is 0. The van der Waals surface area contributed by atoms with Crippen molar-refractivity contribution in [3.8, 4) is 0 Å². The molecule has 0 bridgehead atoms. The van der Waals surface area contributed by atoms with Crippen molar-refractivity contribution in [2.75, 3.05) is 10.6 Å². The minimum atomic E-state index is -1.11. The Morgan fingerprint density at radius 3 is 2.45 bits per heavy atom. The fourth-order valence-electron chi connectivity index (χ4n) is 1.72. The molecular weight excluding hydrogens is 282 g/mol. The summed E-state index contributed by atoms with van der Waals surface area (Å²) >= 11 is 5.74. The molecule has 0 unspecified atom stereocenters. The van der Waals surface area contributed by atoms with Crippen LogP contribution in [0, 0.1) is 6.92 Å². The van der Waals surface area contributed by atoms with Crippen molar-refractivity contribution in [3.05, 3.63) is 46.7 Å². The molecule has 1 aromatic carbocycles. The largest absolute Gasteiger partial charge is 0.478 e. The maximum atomic E-state index is 11.8. The summed E-state index contributed by atoms with van der Waals surface area (Å²) in [5.74, 6) is -1.11. The van der Waals surface area contributed by atoms with Crippen LogP contribution in [0.2, 0.25) is 5.02 Å². The molecule has 4 N–H and O–H groups in total. The van der Waals surface area contributed by atoms with Crippen molar-refractivity contribution in [3.63, 3.8) is 0 Å². The number of urea groups is 1. The topological polar surface area (TPSA) is 94.2 Å². The Labute approximate surface area is 119 Å². The zero-order chi connectivity index (χ0) is 14.7. The van der Waals surface area contributed by atoms with E-state index in [1.165, 1.54) is 6.20 Å². The second-order valence-corrected chi connectivity index (χ2v) is 4.53. The van der Waals surface area contributed by atoms with Gasteiger partial charge in [-0.15, -0.1) is 0 Å². The minimum Gasteiger partial charge on any atom is -0.478 e. The number of carbonyl (C=O) groups excluding carboxylic acids is 1. The third-order valence-electron chi connectivity index (χ3n) is 2.64. The van der Waals surface area contributed by atoms with Crippen molar-refractivity contribution in [1.29, 1.82) is 0 Å². The van der Waals surface area contributed by atoms with Gasteiger partial charge >= 0.3 is 12.0 Å². The van der Waals surface area contributed by atoms with Gasteiger partial charge in [0.15, 0.2) is 0 Å². The summed E-state index contributed by atoms with van der Waals surface area (Å²) in [6.45, 7) is 1.62. The maximum absolute atomic E-state index is 11.8. The van der Waals surface area contributed by atoms with Gasteiger partial charge in [-0.05, 0) is 31.2 Å². The van der Waals surface area contributed by atoms with Gasteiger partial charge in [-0.2, -0.15) is 0 Å². The van der Waals surface area contributed by atoms with E-state index in [-0.39, 0.29) is 11.3 Å². The number of H-pyrrole nitrogens is 1. The second kappa shape index (κ2) is 5.66. The molecule has 0 spiro atoms. The number of aryl methyl sites for hydroxylation is 1. The summed E-state index contributed by atoms with van der Waals surface area (Å²) in [4.78, 5) is 25.6. The Balaban J connectivity index is 2.09. The standard InChI is InChI=1S/C13H12ClN3O3/c1-7-11(12(18)19)10(6-15-7)17-13(20)16-9-4-2-8(14)3-5-9/h2-6,15H,1H3,(H,18,19)(H2,16,17,20). The molecule has 0 aliphatic rings. The number of amides is 2. The Morgan fingerprint density at radius 2 is 1.85 bits per heavy atom. The third-order valence-corrected chi connectivity index (χ3v) is 2.89. The van der Waals surface area contributed by atoms with E-state index in [0.29, 0.717) is 16.4 Å². The van der Waals surface area contributed by atoms with Crippen LogP contribution in [0.1, 0.15) is 16.1 Å². The van der Waals surface area contributed by atoms with Gasteiger partial charge in [-0.1, -0.05) is 11.6 Å². The minimum absolute atomic E-state index is 0.0382. The molecule has 2 rings (SSSR count). The molecule has 0 atom stereocenters. The first-order valence-electron chi connectivity index (χ1n) is 5.72. The zero-order valence-corrected chi connectivity index (χ0v) is 11.3. The van der Waals surface area contributed by atoms with Crippen LogP contribution in [0.5, 0.6) is 0 Å². The summed E-state index contributed by atoms with van der Waals surface area (Å²) in [5, 5.41) is 14.7. The summed E-state index contributed by atoms with van der Waals surface area (Å²) < 4.78 is 0. The molecule has 20 heavy (non-hydrogen) atoms. The Hall–Kier alpha value is -2.47. The first kappa shape index (κ1) is 14.0. The van der Waals surface area contributed by atoms with Gasteiger partial charge in [0.05, 0.1) is 5.69 Å². The lowest BCUT2D eigenvalue weighted by molar-refractivity contribution is 0.0697. The van der Waals surface area contributed by atoms with E-state index < -0.39 is 12.0 Å². The molecule has 0 aliphatic heterocycles.